The number of ether oxygens (including phenoxy) is 1. The molecule has 5 heteroatoms. The van der Waals surface area contributed by atoms with Crippen LogP contribution in [-0.4, -0.2) is 28.9 Å². The van der Waals surface area contributed by atoms with Crippen LogP contribution in [0.2, 0.25) is 0 Å². The van der Waals surface area contributed by atoms with Gasteiger partial charge in [0.15, 0.2) is 0 Å². The Hall–Kier alpha value is -2.14. The molecule has 0 saturated heterocycles. The van der Waals surface area contributed by atoms with Gasteiger partial charge in [-0.3, -0.25) is 4.79 Å². The monoisotopic (exact) mass is 245 g/mol. The van der Waals surface area contributed by atoms with Gasteiger partial charge < -0.3 is 10.5 Å². The Morgan fingerprint density at radius 1 is 1.50 bits per heavy atom. The van der Waals surface area contributed by atoms with Crippen LogP contribution in [0.1, 0.15) is 5.56 Å². The van der Waals surface area contributed by atoms with Crippen LogP contribution in [0.4, 0.5) is 0 Å². The first kappa shape index (κ1) is 12.3. The fraction of sp³-hybridized carbons (Fsp3) is 0.231. The topological polar surface area (TPSA) is 70.1 Å². The molecule has 0 aliphatic rings. The van der Waals surface area contributed by atoms with Crippen LogP contribution >= 0.6 is 0 Å². The predicted molar refractivity (Wildman–Crippen MR) is 67.3 cm³/mol. The molecule has 2 aromatic rings. The largest absolute Gasteiger partial charge is 0.468 e. The number of hydrogen-bond donors (Lipinski definition) is 1. The minimum atomic E-state index is -0.636. The Bertz CT molecular complexity index is 523. The molecule has 2 rings (SSSR count). The van der Waals surface area contributed by atoms with Crippen molar-refractivity contribution in [2.75, 3.05) is 7.11 Å². The van der Waals surface area contributed by atoms with E-state index in [0.717, 1.165) is 11.3 Å². The molecule has 94 valence electrons. The van der Waals surface area contributed by atoms with Gasteiger partial charge in [-0.2, -0.15) is 5.10 Å². The second-order valence-corrected chi connectivity index (χ2v) is 3.95. The first-order valence-corrected chi connectivity index (χ1v) is 5.63. The number of nitrogens with two attached hydrogens (primary N) is 1. The standard InChI is InChI=1S/C13H15N3O2/c1-18-13(17)12(14)9-10-4-2-5-11(8-10)16-7-3-6-15-16/h2-8,12H,9,14H2,1H3. The van der Waals surface area contributed by atoms with Gasteiger partial charge in [-0.25, -0.2) is 4.68 Å². The lowest BCUT2D eigenvalue weighted by molar-refractivity contribution is -0.142. The normalized spacial score (nSPS) is 12.1. The molecule has 0 aliphatic carbocycles. The van der Waals surface area contributed by atoms with Gasteiger partial charge in [0.05, 0.1) is 12.8 Å². The molecule has 0 radical (unpaired) electrons. The molecule has 0 saturated carbocycles. The lowest BCUT2D eigenvalue weighted by Gasteiger charge is -2.10. The number of carbonyl (C=O) groups excluding carboxylic acids is 1. The Balaban J connectivity index is 2.15. The Labute approximate surface area is 105 Å². The zero-order chi connectivity index (χ0) is 13.0. The van der Waals surface area contributed by atoms with E-state index in [-0.39, 0.29) is 0 Å². The van der Waals surface area contributed by atoms with Crippen molar-refractivity contribution in [3.05, 3.63) is 48.3 Å². The second-order valence-electron chi connectivity index (χ2n) is 3.95. The average Bonchev–Trinajstić information content (AvgIpc) is 2.92. The van der Waals surface area contributed by atoms with Crippen LogP contribution in [0.15, 0.2) is 42.7 Å². The third-order valence-corrected chi connectivity index (χ3v) is 2.64. The molecule has 0 aliphatic heterocycles. The first-order valence-electron chi connectivity index (χ1n) is 5.63. The maximum Gasteiger partial charge on any atom is 0.322 e. The molecule has 0 amide bonds. The van der Waals surface area contributed by atoms with E-state index in [2.05, 4.69) is 9.84 Å². The molecular weight excluding hydrogens is 230 g/mol. The Morgan fingerprint density at radius 2 is 2.33 bits per heavy atom. The highest BCUT2D eigenvalue weighted by molar-refractivity contribution is 5.75. The van der Waals surface area contributed by atoms with Crippen molar-refractivity contribution in [1.82, 2.24) is 9.78 Å². The van der Waals surface area contributed by atoms with Gasteiger partial charge in [-0.1, -0.05) is 12.1 Å². The smallest absolute Gasteiger partial charge is 0.322 e. The zero-order valence-corrected chi connectivity index (χ0v) is 10.1. The molecule has 1 unspecified atom stereocenters. The van der Waals surface area contributed by atoms with Crippen molar-refractivity contribution in [2.45, 2.75) is 12.5 Å². The van der Waals surface area contributed by atoms with Crippen LogP contribution in [0.3, 0.4) is 0 Å². The maximum absolute atomic E-state index is 11.3. The van der Waals surface area contributed by atoms with Crippen molar-refractivity contribution in [3.8, 4) is 5.69 Å². The van der Waals surface area contributed by atoms with Crippen LogP contribution in [-0.2, 0) is 16.0 Å². The van der Waals surface area contributed by atoms with E-state index in [0.29, 0.717) is 6.42 Å². The third-order valence-electron chi connectivity index (χ3n) is 2.64. The summed E-state index contributed by atoms with van der Waals surface area (Å²) < 4.78 is 6.36. The van der Waals surface area contributed by atoms with Crippen LogP contribution < -0.4 is 5.73 Å². The van der Waals surface area contributed by atoms with E-state index < -0.39 is 12.0 Å². The van der Waals surface area contributed by atoms with Crippen molar-refractivity contribution in [1.29, 1.82) is 0 Å². The summed E-state index contributed by atoms with van der Waals surface area (Å²) in [4.78, 5) is 11.3. The summed E-state index contributed by atoms with van der Waals surface area (Å²) in [6.07, 6.45) is 4.02. The minimum Gasteiger partial charge on any atom is -0.468 e. The maximum atomic E-state index is 11.3. The predicted octanol–water partition coefficient (Wildman–Crippen LogP) is 0.915. The summed E-state index contributed by atoms with van der Waals surface area (Å²) in [5, 5.41) is 4.15. The van der Waals surface area contributed by atoms with Crippen LogP contribution in [0, 0.1) is 0 Å². The van der Waals surface area contributed by atoms with Crippen LogP contribution in [0.25, 0.3) is 5.69 Å². The zero-order valence-electron chi connectivity index (χ0n) is 10.1. The highest BCUT2D eigenvalue weighted by atomic mass is 16.5. The van der Waals surface area contributed by atoms with Crippen molar-refractivity contribution >= 4 is 5.97 Å². The van der Waals surface area contributed by atoms with Crippen LogP contribution in [0.5, 0.6) is 0 Å². The second kappa shape index (κ2) is 5.46. The molecule has 0 fully saturated rings. The van der Waals surface area contributed by atoms with Gasteiger partial charge in [-0.05, 0) is 30.2 Å². The van der Waals surface area contributed by atoms with Crippen molar-refractivity contribution in [2.24, 2.45) is 5.73 Å². The fourth-order valence-corrected chi connectivity index (χ4v) is 1.74. The Kier molecular flexibility index (Phi) is 3.74. The molecule has 18 heavy (non-hydrogen) atoms. The quantitative estimate of drug-likeness (QED) is 0.813. The molecule has 0 bridgehead atoms. The summed E-state index contributed by atoms with van der Waals surface area (Å²) in [6, 6.07) is 8.96. The number of methoxy groups -OCH3 is 1. The first-order chi connectivity index (χ1) is 8.70. The molecular formula is C13H15N3O2. The number of benzene rings is 1. The van der Waals surface area contributed by atoms with Gasteiger partial charge >= 0.3 is 5.97 Å². The summed E-state index contributed by atoms with van der Waals surface area (Å²) in [6.45, 7) is 0. The molecule has 1 aromatic heterocycles. The molecule has 5 nitrogen and oxygen atoms in total. The molecule has 2 N–H and O–H groups in total. The minimum absolute atomic E-state index is 0.403. The number of carbonyl (C=O) groups is 1. The molecule has 1 aromatic carbocycles. The van der Waals surface area contributed by atoms with E-state index in [4.69, 9.17) is 5.73 Å². The van der Waals surface area contributed by atoms with Gasteiger partial charge in [0.2, 0.25) is 0 Å². The van der Waals surface area contributed by atoms with E-state index in [1.165, 1.54) is 7.11 Å². The van der Waals surface area contributed by atoms with E-state index in [1.807, 2.05) is 36.5 Å². The summed E-state index contributed by atoms with van der Waals surface area (Å²) in [7, 11) is 1.34. The fourth-order valence-electron chi connectivity index (χ4n) is 1.74. The summed E-state index contributed by atoms with van der Waals surface area (Å²) in [5.74, 6) is -0.403. The van der Waals surface area contributed by atoms with E-state index >= 15 is 0 Å². The van der Waals surface area contributed by atoms with Gasteiger partial charge in [0.1, 0.15) is 6.04 Å². The number of rotatable bonds is 4. The van der Waals surface area contributed by atoms with E-state index in [1.54, 1.807) is 10.9 Å². The number of nitrogens with zero attached hydrogens (tertiary/aromatic N) is 2. The SMILES string of the molecule is COC(=O)C(N)Cc1cccc(-n2cccn2)c1. The van der Waals surface area contributed by atoms with E-state index in [9.17, 15) is 4.79 Å². The highest BCUT2D eigenvalue weighted by Gasteiger charge is 2.14. The molecule has 1 atom stereocenters. The lowest BCUT2D eigenvalue weighted by atomic mass is 10.1. The van der Waals surface area contributed by atoms with Crippen molar-refractivity contribution < 1.29 is 9.53 Å². The highest BCUT2D eigenvalue weighted by Crippen LogP contribution is 2.11. The average molecular weight is 245 g/mol. The lowest BCUT2D eigenvalue weighted by Crippen LogP contribution is -2.33. The number of esters is 1. The third kappa shape index (κ3) is 2.75. The van der Waals surface area contributed by atoms with Gasteiger partial charge in [0, 0.05) is 12.4 Å². The summed E-state index contributed by atoms with van der Waals surface area (Å²) >= 11 is 0. The molecule has 0 spiro atoms. The Morgan fingerprint density at radius 3 is 3.00 bits per heavy atom. The molecule has 1 heterocycles. The number of aromatic nitrogens is 2. The van der Waals surface area contributed by atoms with Gasteiger partial charge in [-0.15, -0.1) is 0 Å². The number of hydrogen-bond acceptors (Lipinski definition) is 4. The van der Waals surface area contributed by atoms with Gasteiger partial charge in [0.25, 0.3) is 0 Å². The summed E-state index contributed by atoms with van der Waals surface area (Å²) in [5.41, 5.74) is 7.64. The van der Waals surface area contributed by atoms with Crippen molar-refractivity contribution in [3.63, 3.8) is 0 Å².